The third-order valence-corrected chi connectivity index (χ3v) is 2.01. The van der Waals surface area contributed by atoms with Gasteiger partial charge in [0.05, 0.1) is 6.61 Å². The van der Waals surface area contributed by atoms with Crippen molar-refractivity contribution in [3.63, 3.8) is 0 Å². The van der Waals surface area contributed by atoms with Crippen molar-refractivity contribution in [2.75, 3.05) is 6.61 Å². The highest BCUT2D eigenvalue weighted by atomic mass is 16.5. The third-order valence-electron chi connectivity index (χ3n) is 2.01. The average Bonchev–Trinajstić information content (AvgIpc) is 2.17. The smallest absolute Gasteiger partial charge is 0.404 e. The van der Waals surface area contributed by atoms with Crippen molar-refractivity contribution in [3.05, 3.63) is 17.4 Å². The number of amides is 1. The van der Waals surface area contributed by atoms with Crippen LogP contribution in [0.2, 0.25) is 0 Å². The first-order chi connectivity index (χ1) is 7.16. The molecule has 0 heterocycles. The Morgan fingerprint density at radius 3 is 2.80 bits per heavy atom. The van der Waals surface area contributed by atoms with E-state index < -0.39 is 6.09 Å². The first kappa shape index (κ1) is 13.8. The van der Waals surface area contributed by atoms with Crippen molar-refractivity contribution in [1.29, 1.82) is 0 Å². The Bertz CT molecular complexity index is 240. The van der Waals surface area contributed by atoms with Gasteiger partial charge in [0.2, 0.25) is 0 Å². The zero-order valence-corrected chi connectivity index (χ0v) is 9.71. The molecule has 0 aromatic carbocycles. The normalized spacial score (nSPS) is 9.20. The molecule has 0 aromatic heterocycles. The number of nitrogens with two attached hydrogens (primary N) is 1. The lowest BCUT2D eigenvalue weighted by Gasteiger charge is -1.97. The van der Waals surface area contributed by atoms with Crippen LogP contribution in [0.15, 0.2) is 17.4 Å². The lowest BCUT2D eigenvalue weighted by molar-refractivity contribution is 0.159. The zero-order chi connectivity index (χ0) is 11.5. The van der Waals surface area contributed by atoms with Gasteiger partial charge in [0.1, 0.15) is 0 Å². The van der Waals surface area contributed by atoms with Crippen LogP contribution in [0.1, 0.15) is 46.0 Å². The topological polar surface area (TPSA) is 52.3 Å². The summed E-state index contributed by atoms with van der Waals surface area (Å²) in [5.74, 6) is 0. The molecule has 0 aliphatic heterocycles. The van der Waals surface area contributed by atoms with Crippen molar-refractivity contribution >= 4 is 6.09 Å². The first-order valence-electron chi connectivity index (χ1n) is 5.49. The third kappa shape index (κ3) is 10.7. The summed E-state index contributed by atoms with van der Waals surface area (Å²) in [4.78, 5) is 10.2. The molecule has 86 valence electrons. The Hall–Kier alpha value is -1.21. The van der Waals surface area contributed by atoms with E-state index in [0.717, 1.165) is 6.42 Å². The Labute approximate surface area is 92.0 Å². The van der Waals surface area contributed by atoms with E-state index in [2.05, 4.69) is 24.3 Å². The number of carbonyl (C=O) groups excluding carboxylic acids is 1. The molecule has 0 saturated carbocycles. The van der Waals surface area contributed by atoms with Gasteiger partial charge in [-0.3, -0.25) is 0 Å². The molecule has 0 bridgehead atoms. The minimum Gasteiger partial charge on any atom is -0.449 e. The largest absolute Gasteiger partial charge is 0.449 e. The summed E-state index contributed by atoms with van der Waals surface area (Å²) in [6.07, 6.45) is 6.68. The van der Waals surface area contributed by atoms with Crippen LogP contribution in [-0.2, 0) is 4.74 Å². The lowest BCUT2D eigenvalue weighted by Crippen LogP contribution is -2.13. The van der Waals surface area contributed by atoms with Crippen LogP contribution in [0.4, 0.5) is 4.79 Å². The number of primary amides is 1. The second-order valence-corrected chi connectivity index (χ2v) is 3.54. The van der Waals surface area contributed by atoms with Gasteiger partial charge in [-0.1, -0.05) is 19.8 Å². The Balaban J connectivity index is 3.61. The number of carbonyl (C=O) groups is 1. The van der Waals surface area contributed by atoms with Gasteiger partial charge < -0.3 is 10.5 Å². The zero-order valence-electron chi connectivity index (χ0n) is 9.71. The highest BCUT2D eigenvalue weighted by Gasteiger charge is 1.90. The predicted octanol–water partition coefficient (Wildman–Crippen LogP) is 3.15. The summed E-state index contributed by atoms with van der Waals surface area (Å²) in [7, 11) is 0. The van der Waals surface area contributed by atoms with Crippen molar-refractivity contribution in [1.82, 2.24) is 0 Å². The van der Waals surface area contributed by atoms with Crippen LogP contribution in [0.25, 0.3) is 0 Å². The molecular weight excluding hydrogens is 190 g/mol. The molecule has 0 radical (unpaired) electrons. The molecule has 0 rings (SSSR count). The minimum absolute atomic E-state index is 0.338. The van der Waals surface area contributed by atoms with Gasteiger partial charge in [-0.05, 0) is 31.4 Å². The van der Waals surface area contributed by atoms with Crippen molar-refractivity contribution < 1.29 is 9.53 Å². The molecular formula is C12H21NO2. The van der Waals surface area contributed by atoms with E-state index in [9.17, 15) is 4.79 Å². The van der Waals surface area contributed by atoms with E-state index in [0.29, 0.717) is 13.0 Å². The number of hydrogen-bond acceptors (Lipinski definition) is 2. The summed E-state index contributed by atoms with van der Waals surface area (Å²) in [5.41, 5.74) is 9.24. The summed E-state index contributed by atoms with van der Waals surface area (Å²) >= 11 is 0. The number of hydrogen-bond donors (Lipinski definition) is 1. The quantitative estimate of drug-likeness (QED) is 0.519. The molecule has 0 unspecified atom stereocenters. The van der Waals surface area contributed by atoms with E-state index in [1.807, 2.05) is 6.08 Å². The van der Waals surface area contributed by atoms with E-state index in [4.69, 9.17) is 5.73 Å². The fraction of sp³-hybridized carbons (Fsp3) is 0.667. The van der Waals surface area contributed by atoms with Crippen molar-refractivity contribution in [2.45, 2.75) is 46.0 Å². The van der Waals surface area contributed by atoms with E-state index >= 15 is 0 Å². The Morgan fingerprint density at radius 2 is 2.20 bits per heavy atom. The molecule has 0 atom stereocenters. The molecule has 0 saturated heterocycles. The van der Waals surface area contributed by atoms with Gasteiger partial charge in [0, 0.05) is 6.42 Å². The first-order valence-corrected chi connectivity index (χ1v) is 5.49. The second kappa shape index (κ2) is 9.35. The van der Waals surface area contributed by atoms with Gasteiger partial charge in [0.25, 0.3) is 0 Å². The van der Waals surface area contributed by atoms with Gasteiger partial charge in [-0.25, -0.2) is 4.79 Å². The highest BCUT2D eigenvalue weighted by molar-refractivity contribution is 5.64. The maximum Gasteiger partial charge on any atom is 0.404 e. The predicted molar refractivity (Wildman–Crippen MR) is 61.6 cm³/mol. The summed E-state index contributed by atoms with van der Waals surface area (Å²) in [5, 5.41) is 0. The molecule has 0 fully saturated rings. The summed E-state index contributed by atoms with van der Waals surface area (Å²) < 4.78 is 4.58. The molecule has 15 heavy (non-hydrogen) atoms. The SMILES string of the molecule is CCCCCC(C)=C=CCCOC(N)=O. The number of rotatable bonds is 7. The molecule has 1 amide bonds. The molecule has 0 aliphatic rings. The molecule has 0 aliphatic carbocycles. The maximum absolute atomic E-state index is 10.2. The van der Waals surface area contributed by atoms with Crippen LogP contribution in [-0.4, -0.2) is 12.7 Å². The Morgan fingerprint density at radius 1 is 1.47 bits per heavy atom. The van der Waals surface area contributed by atoms with Gasteiger partial charge in [-0.2, -0.15) is 0 Å². The fourth-order valence-electron chi connectivity index (χ4n) is 1.18. The van der Waals surface area contributed by atoms with Crippen LogP contribution in [0, 0.1) is 0 Å². The Kier molecular flexibility index (Phi) is 8.59. The van der Waals surface area contributed by atoms with Gasteiger partial charge >= 0.3 is 6.09 Å². The highest BCUT2D eigenvalue weighted by Crippen LogP contribution is 2.06. The van der Waals surface area contributed by atoms with E-state index in [-0.39, 0.29) is 0 Å². The van der Waals surface area contributed by atoms with Crippen LogP contribution in [0.3, 0.4) is 0 Å². The molecule has 3 nitrogen and oxygen atoms in total. The standard InChI is InChI=1S/C12H21NO2/c1-3-4-5-8-11(2)9-6-7-10-15-12(13)14/h6H,3-5,7-8,10H2,1-2H3,(H2,13,14). The monoisotopic (exact) mass is 211 g/mol. The van der Waals surface area contributed by atoms with Crippen LogP contribution < -0.4 is 5.73 Å². The number of unbranched alkanes of at least 4 members (excludes halogenated alkanes) is 2. The van der Waals surface area contributed by atoms with E-state index in [1.54, 1.807) is 0 Å². The van der Waals surface area contributed by atoms with Gasteiger partial charge in [0.15, 0.2) is 0 Å². The fourth-order valence-corrected chi connectivity index (χ4v) is 1.18. The maximum atomic E-state index is 10.2. The van der Waals surface area contributed by atoms with Crippen molar-refractivity contribution in [2.24, 2.45) is 5.73 Å². The summed E-state index contributed by atoms with van der Waals surface area (Å²) in [6, 6.07) is 0. The van der Waals surface area contributed by atoms with Crippen LogP contribution >= 0.6 is 0 Å². The minimum atomic E-state index is -0.716. The molecule has 0 aromatic rings. The lowest BCUT2D eigenvalue weighted by atomic mass is 10.1. The second-order valence-electron chi connectivity index (χ2n) is 3.54. The summed E-state index contributed by atoms with van der Waals surface area (Å²) in [6.45, 7) is 4.60. The molecule has 3 heteroatoms. The van der Waals surface area contributed by atoms with E-state index in [1.165, 1.54) is 24.8 Å². The average molecular weight is 211 g/mol. The molecule has 2 N–H and O–H groups in total. The molecule has 0 spiro atoms. The van der Waals surface area contributed by atoms with Crippen LogP contribution in [0.5, 0.6) is 0 Å². The van der Waals surface area contributed by atoms with Crippen molar-refractivity contribution in [3.8, 4) is 0 Å². The van der Waals surface area contributed by atoms with Gasteiger partial charge in [-0.15, -0.1) is 5.73 Å². The number of ether oxygens (including phenoxy) is 1.